The number of benzene rings is 1. The summed E-state index contributed by atoms with van der Waals surface area (Å²) in [5.41, 5.74) is 3.09. The molecule has 1 N–H and O–H groups in total. The highest BCUT2D eigenvalue weighted by Crippen LogP contribution is 2.27. The van der Waals surface area contributed by atoms with E-state index in [1.54, 1.807) is 0 Å². The molecule has 0 spiro atoms. The molecule has 114 valence electrons. The molecule has 0 saturated carbocycles. The minimum absolute atomic E-state index is 0.0930. The first-order chi connectivity index (χ1) is 10.3. The molecular formula is C17H24N2O2. The van der Waals surface area contributed by atoms with Crippen molar-refractivity contribution >= 4 is 11.6 Å². The van der Waals surface area contributed by atoms with Crippen LogP contribution in [0.5, 0.6) is 0 Å². The van der Waals surface area contributed by atoms with Crippen LogP contribution in [0.4, 0.5) is 5.69 Å². The minimum atomic E-state index is 0.0930. The number of nitrogens with zero attached hydrogens (tertiary/aromatic N) is 1. The van der Waals surface area contributed by atoms with E-state index in [9.17, 15) is 4.79 Å². The lowest BCUT2D eigenvalue weighted by Crippen LogP contribution is -2.37. The van der Waals surface area contributed by atoms with Gasteiger partial charge in [0.25, 0.3) is 5.91 Å². The summed E-state index contributed by atoms with van der Waals surface area (Å²) in [7, 11) is 1.88. The van der Waals surface area contributed by atoms with Crippen LogP contribution in [0.3, 0.4) is 0 Å². The predicted octanol–water partition coefficient (Wildman–Crippen LogP) is 2.69. The summed E-state index contributed by atoms with van der Waals surface area (Å²) in [6.07, 6.45) is 5.79. The Balaban J connectivity index is 1.72. The van der Waals surface area contributed by atoms with Crippen LogP contribution in [0.15, 0.2) is 18.2 Å². The van der Waals surface area contributed by atoms with Gasteiger partial charge >= 0.3 is 0 Å². The van der Waals surface area contributed by atoms with Crippen molar-refractivity contribution in [3.63, 3.8) is 0 Å². The third-order valence-electron chi connectivity index (χ3n) is 4.40. The van der Waals surface area contributed by atoms with Crippen molar-refractivity contribution in [2.45, 2.75) is 38.2 Å². The zero-order valence-corrected chi connectivity index (χ0v) is 12.7. The summed E-state index contributed by atoms with van der Waals surface area (Å²) >= 11 is 0. The second kappa shape index (κ2) is 6.48. The van der Waals surface area contributed by atoms with Gasteiger partial charge in [-0.05, 0) is 43.7 Å². The highest BCUT2D eigenvalue weighted by molar-refractivity contribution is 6.00. The maximum absolute atomic E-state index is 12.7. The van der Waals surface area contributed by atoms with Crippen molar-refractivity contribution in [3.05, 3.63) is 29.3 Å². The first-order valence-corrected chi connectivity index (χ1v) is 7.98. The van der Waals surface area contributed by atoms with Crippen LogP contribution in [0.2, 0.25) is 0 Å². The van der Waals surface area contributed by atoms with Gasteiger partial charge in [-0.25, -0.2) is 0 Å². The van der Waals surface area contributed by atoms with Gasteiger partial charge in [-0.2, -0.15) is 0 Å². The standard InChI is InChI=1S/C17H24N2O2/c1-19(12-14-8-2-3-11-21-14)17(20)15-9-4-6-13-7-5-10-18-16(13)15/h4,6,9,14,18H,2-3,5,7-8,10-12H2,1H3. The lowest BCUT2D eigenvalue weighted by Gasteiger charge is -2.28. The fourth-order valence-corrected chi connectivity index (χ4v) is 3.23. The smallest absolute Gasteiger partial charge is 0.255 e. The maximum Gasteiger partial charge on any atom is 0.255 e. The highest BCUT2D eigenvalue weighted by atomic mass is 16.5. The largest absolute Gasteiger partial charge is 0.384 e. The third-order valence-corrected chi connectivity index (χ3v) is 4.40. The second-order valence-electron chi connectivity index (χ2n) is 6.04. The number of rotatable bonds is 3. The van der Waals surface area contributed by atoms with E-state index in [0.717, 1.165) is 50.1 Å². The Morgan fingerprint density at radius 3 is 3.10 bits per heavy atom. The Hall–Kier alpha value is -1.55. The third kappa shape index (κ3) is 3.21. The predicted molar refractivity (Wildman–Crippen MR) is 83.8 cm³/mol. The highest BCUT2D eigenvalue weighted by Gasteiger charge is 2.23. The first kappa shape index (κ1) is 14.4. The van der Waals surface area contributed by atoms with Crippen molar-refractivity contribution in [1.82, 2.24) is 4.90 Å². The maximum atomic E-state index is 12.7. The van der Waals surface area contributed by atoms with Gasteiger partial charge < -0.3 is 15.0 Å². The number of aryl methyl sites for hydroxylation is 1. The van der Waals surface area contributed by atoms with E-state index in [1.165, 1.54) is 12.0 Å². The lowest BCUT2D eigenvalue weighted by molar-refractivity contribution is -0.000173. The molecule has 1 aromatic carbocycles. The number of nitrogens with one attached hydrogen (secondary N) is 1. The molecule has 4 heteroatoms. The molecule has 3 rings (SSSR count). The van der Waals surface area contributed by atoms with Crippen molar-refractivity contribution in [3.8, 4) is 0 Å². The molecule has 21 heavy (non-hydrogen) atoms. The Labute approximate surface area is 126 Å². The van der Waals surface area contributed by atoms with Crippen LogP contribution in [-0.2, 0) is 11.2 Å². The van der Waals surface area contributed by atoms with Crippen LogP contribution in [-0.4, -0.2) is 43.7 Å². The normalized spacial score (nSPS) is 21.3. The molecule has 0 aromatic heterocycles. The molecular weight excluding hydrogens is 264 g/mol. The van der Waals surface area contributed by atoms with Gasteiger partial charge in [-0.15, -0.1) is 0 Å². The average molecular weight is 288 g/mol. The summed E-state index contributed by atoms with van der Waals surface area (Å²) in [5.74, 6) is 0.0930. The molecule has 2 heterocycles. The van der Waals surface area contributed by atoms with E-state index in [4.69, 9.17) is 4.74 Å². The van der Waals surface area contributed by atoms with Gasteiger partial charge in [-0.3, -0.25) is 4.79 Å². The van der Waals surface area contributed by atoms with Gasteiger partial charge in [0, 0.05) is 26.7 Å². The summed E-state index contributed by atoms with van der Waals surface area (Å²) < 4.78 is 5.74. The quantitative estimate of drug-likeness (QED) is 0.930. The van der Waals surface area contributed by atoms with Gasteiger partial charge in [0.2, 0.25) is 0 Å². The van der Waals surface area contributed by atoms with Crippen molar-refractivity contribution in [1.29, 1.82) is 0 Å². The summed E-state index contributed by atoms with van der Waals surface area (Å²) in [6, 6.07) is 6.03. The molecule has 1 aromatic rings. The number of fused-ring (bicyclic) bond motifs is 1. The van der Waals surface area contributed by atoms with Crippen LogP contribution in [0.25, 0.3) is 0 Å². The number of carbonyl (C=O) groups is 1. The molecule has 0 aliphatic carbocycles. The molecule has 2 aliphatic heterocycles. The number of ether oxygens (including phenoxy) is 1. The fourth-order valence-electron chi connectivity index (χ4n) is 3.23. The minimum Gasteiger partial charge on any atom is -0.384 e. The fraction of sp³-hybridized carbons (Fsp3) is 0.588. The Morgan fingerprint density at radius 2 is 2.29 bits per heavy atom. The van der Waals surface area contributed by atoms with Gasteiger partial charge in [-0.1, -0.05) is 12.1 Å². The number of hydrogen-bond donors (Lipinski definition) is 1. The van der Waals surface area contributed by atoms with Crippen molar-refractivity contribution in [2.75, 3.05) is 32.1 Å². The summed E-state index contributed by atoms with van der Waals surface area (Å²) in [4.78, 5) is 14.5. The van der Waals surface area contributed by atoms with Crippen LogP contribution < -0.4 is 5.32 Å². The van der Waals surface area contributed by atoms with E-state index < -0.39 is 0 Å². The second-order valence-corrected chi connectivity index (χ2v) is 6.04. The van der Waals surface area contributed by atoms with Crippen LogP contribution in [0.1, 0.15) is 41.6 Å². The zero-order chi connectivity index (χ0) is 14.7. The Bertz CT molecular complexity index is 510. The summed E-state index contributed by atoms with van der Waals surface area (Å²) in [5, 5.41) is 3.39. The summed E-state index contributed by atoms with van der Waals surface area (Å²) in [6.45, 7) is 2.46. The number of anilines is 1. The van der Waals surface area contributed by atoms with Crippen LogP contribution >= 0.6 is 0 Å². The molecule has 1 saturated heterocycles. The number of amides is 1. The van der Waals surface area contributed by atoms with E-state index in [-0.39, 0.29) is 12.0 Å². The SMILES string of the molecule is CN(CC1CCCCO1)C(=O)c1cccc2c1NCCC2. The number of hydrogen-bond acceptors (Lipinski definition) is 3. The Morgan fingerprint density at radius 1 is 1.38 bits per heavy atom. The average Bonchev–Trinajstić information content (AvgIpc) is 2.54. The lowest BCUT2D eigenvalue weighted by atomic mass is 9.98. The van der Waals surface area contributed by atoms with Crippen molar-refractivity contribution < 1.29 is 9.53 Å². The van der Waals surface area contributed by atoms with Crippen molar-refractivity contribution in [2.24, 2.45) is 0 Å². The van der Waals surface area contributed by atoms with Gasteiger partial charge in [0.05, 0.1) is 17.4 Å². The molecule has 4 nitrogen and oxygen atoms in total. The molecule has 1 unspecified atom stereocenters. The van der Waals surface area contributed by atoms with Gasteiger partial charge in [0.15, 0.2) is 0 Å². The Kier molecular flexibility index (Phi) is 4.44. The topological polar surface area (TPSA) is 41.6 Å². The number of para-hydroxylation sites is 1. The monoisotopic (exact) mass is 288 g/mol. The van der Waals surface area contributed by atoms with E-state index in [0.29, 0.717) is 6.54 Å². The van der Waals surface area contributed by atoms with Crippen LogP contribution in [0, 0.1) is 0 Å². The molecule has 2 aliphatic rings. The van der Waals surface area contributed by atoms with E-state index in [2.05, 4.69) is 11.4 Å². The van der Waals surface area contributed by atoms with E-state index in [1.807, 2.05) is 24.1 Å². The number of likely N-dealkylation sites (N-methyl/N-ethyl adjacent to an activating group) is 1. The molecule has 1 atom stereocenters. The van der Waals surface area contributed by atoms with Gasteiger partial charge in [0.1, 0.15) is 0 Å². The first-order valence-electron chi connectivity index (χ1n) is 7.98. The molecule has 1 amide bonds. The molecule has 0 radical (unpaired) electrons. The zero-order valence-electron chi connectivity index (χ0n) is 12.7. The number of carbonyl (C=O) groups excluding carboxylic acids is 1. The van der Waals surface area contributed by atoms with E-state index >= 15 is 0 Å². The molecule has 0 bridgehead atoms. The molecule has 1 fully saturated rings.